The summed E-state index contributed by atoms with van der Waals surface area (Å²) >= 11 is 0. The van der Waals surface area contributed by atoms with Crippen LogP contribution in [0.4, 0.5) is 0 Å². The Morgan fingerprint density at radius 1 is 1.06 bits per heavy atom. The molecular formula is C21H37N9O5. The third kappa shape index (κ3) is 11.3. The summed E-state index contributed by atoms with van der Waals surface area (Å²) in [5, 5.41) is 16.7. The highest BCUT2D eigenvalue weighted by molar-refractivity contribution is 5.94. The molecule has 0 aliphatic rings. The molecule has 1 aromatic rings. The molecule has 14 nitrogen and oxygen atoms in total. The molecule has 1 rings (SSSR count). The van der Waals surface area contributed by atoms with Crippen LogP contribution in [0.1, 0.15) is 45.7 Å². The molecule has 11 N–H and O–H groups in total. The van der Waals surface area contributed by atoms with Gasteiger partial charge in [0.1, 0.15) is 18.1 Å². The maximum Gasteiger partial charge on any atom is 0.325 e. The van der Waals surface area contributed by atoms with Gasteiger partial charge >= 0.3 is 5.97 Å². The molecule has 196 valence electrons. The molecule has 0 radical (unpaired) electrons. The summed E-state index contributed by atoms with van der Waals surface area (Å²) in [6, 6.07) is -4.15. The second kappa shape index (κ2) is 14.6. The van der Waals surface area contributed by atoms with Crippen molar-refractivity contribution in [1.29, 1.82) is 0 Å². The van der Waals surface area contributed by atoms with E-state index in [1.165, 1.54) is 19.4 Å². The van der Waals surface area contributed by atoms with E-state index in [-0.39, 0.29) is 31.3 Å². The Morgan fingerprint density at radius 3 is 2.23 bits per heavy atom. The highest BCUT2D eigenvalue weighted by atomic mass is 16.4. The topological polar surface area (TPSA) is 244 Å². The molecule has 0 spiro atoms. The van der Waals surface area contributed by atoms with Gasteiger partial charge in [0.05, 0.1) is 12.4 Å². The summed E-state index contributed by atoms with van der Waals surface area (Å²) in [6.45, 7) is 5.37. The van der Waals surface area contributed by atoms with Crippen molar-refractivity contribution in [2.24, 2.45) is 28.1 Å². The lowest BCUT2D eigenvalue weighted by Crippen LogP contribution is -2.57. The SMILES string of the molecule is CC(C)CC(N)C(=O)NC(CCCN=C(N)N)C(=O)NC(Cc1cnc[nH]1)C(=O)NC(C)C(=O)O. The van der Waals surface area contributed by atoms with Gasteiger partial charge in [-0.15, -0.1) is 0 Å². The Bertz CT molecular complexity index is 869. The number of aromatic amines is 1. The van der Waals surface area contributed by atoms with Crippen molar-refractivity contribution < 1.29 is 24.3 Å². The van der Waals surface area contributed by atoms with Crippen LogP contribution in [-0.2, 0) is 25.6 Å². The highest BCUT2D eigenvalue weighted by Gasteiger charge is 2.29. The number of nitrogens with two attached hydrogens (primary N) is 3. The van der Waals surface area contributed by atoms with Gasteiger partial charge in [-0.1, -0.05) is 13.8 Å². The quantitative estimate of drug-likeness (QED) is 0.0756. The van der Waals surface area contributed by atoms with E-state index in [1.54, 1.807) is 0 Å². The number of carboxylic acid groups (broad SMARTS) is 1. The fraction of sp³-hybridized carbons (Fsp3) is 0.619. The number of aromatic nitrogens is 2. The van der Waals surface area contributed by atoms with E-state index in [0.717, 1.165) is 0 Å². The average Bonchev–Trinajstić information content (AvgIpc) is 3.27. The highest BCUT2D eigenvalue weighted by Crippen LogP contribution is 2.07. The summed E-state index contributed by atoms with van der Waals surface area (Å²) in [7, 11) is 0. The molecule has 0 fully saturated rings. The first-order chi connectivity index (χ1) is 16.4. The molecule has 0 aliphatic heterocycles. The molecule has 4 unspecified atom stereocenters. The summed E-state index contributed by atoms with van der Waals surface area (Å²) in [5.74, 6) is -3.00. The third-order valence-electron chi connectivity index (χ3n) is 4.98. The molecule has 35 heavy (non-hydrogen) atoms. The lowest BCUT2D eigenvalue weighted by molar-refractivity contribution is -0.141. The van der Waals surface area contributed by atoms with Gasteiger partial charge in [-0.25, -0.2) is 4.98 Å². The number of guanidine groups is 1. The van der Waals surface area contributed by atoms with Crippen LogP contribution < -0.4 is 33.2 Å². The first-order valence-electron chi connectivity index (χ1n) is 11.3. The van der Waals surface area contributed by atoms with Gasteiger partial charge in [-0.05, 0) is 32.1 Å². The summed E-state index contributed by atoms with van der Waals surface area (Å²) in [5.41, 5.74) is 17.2. The van der Waals surface area contributed by atoms with E-state index in [1.807, 2.05) is 13.8 Å². The van der Waals surface area contributed by atoms with Crippen LogP contribution in [-0.4, -0.2) is 75.4 Å². The van der Waals surface area contributed by atoms with Crippen molar-refractivity contribution in [3.8, 4) is 0 Å². The molecular weight excluding hydrogens is 458 g/mol. The number of carboxylic acids is 1. The minimum Gasteiger partial charge on any atom is -0.480 e. The third-order valence-corrected chi connectivity index (χ3v) is 4.98. The zero-order valence-electron chi connectivity index (χ0n) is 20.3. The number of aliphatic imine (C=N–C) groups is 1. The number of hydrogen-bond donors (Lipinski definition) is 8. The Hall–Kier alpha value is -3.68. The molecule has 0 saturated carbocycles. The van der Waals surface area contributed by atoms with Crippen LogP contribution in [0.2, 0.25) is 0 Å². The van der Waals surface area contributed by atoms with Crippen LogP contribution in [0.3, 0.4) is 0 Å². The summed E-state index contributed by atoms with van der Waals surface area (Å²) < 4.78 is 0. The number of aliphatic carboxylic acids is 1. The smallest absolute Gasteiger partial charge is 0.325 e. The Kier molecular flexibility index (Phi) is 12.2. The fourth-order valence-corrected chi connectivity index (χ4v) is 3.14. The Labute approximate surface area is 203 Å². The van der Waals surface area contributed by atoms with Gasteiger partial charge in [0.15, 0.2) is 5.96 Å². The minimum atomic E-state index is -1.23. The zero-order chi connectivity index (χ0) is 26.5. The molecule has 0 aromatic carbocycles. The van der Waals surface area contributed by atoms with Gasteiger partial charge in [-0.2, -0.15) is 0 Å². The Morgan fingerprint density at radius 2 is 1.69 bits per heavy atom. The number of hydrogen-bond acceptors (Lipinski definition) is 7. The van der Waals surface area contributed by atoms with E-state index in [4.69, 9.17) is 22.3 Å². The van der Waals surface area contributed by atoms with Crippen molar-refractivity contribution in [3.05, 3.63) is 18.2 Å². The van der Waals surface area contributed by atoms with Crippen LogP contribution in [0.5, 0.6) is 0 Å². The van der Waals surface area contributed by atoms with Gasteiger partial charge in [-0.3, -0.25) is 24.2 Å². The van der Waals surface area contributed by atoms with E-state index >= 15 is 0 Å². The number of imidazole rings is 1. The maximum absolute atomic E-state index is 13.1. The predicted molar refractivity (Wildman–Crippen MR) is 129 cm³/mol. The molecule has 3 amide bonds. The van der Waals surface area contributed by atoms with Crippen molar-refractivity contribution >= 4 is 29.7 Å². The van der Waals surface area contributed by atoms with Crippen molar-refractivity contribution in [1.82, 2.24) is 25.9 Å². The van der Waals surface area contributed by atoms with Crippen molar-refractivity contribution in [3.63, 3.8) is 0 Å². The van der Waals surface area contributed by atoms with Crippen molar-refractivity contribution in [2.75, 3.05) is 6.54 Å². The monoisotopic (exact) mass is 495 g/mol. The van der Waals surface area contributed by atoms with Gasteiger partial charge in [0, 0.05) is 24.9 Å². The Balaban J connectivity index is 3.02. The number of carbonyl (C=O) groups is 4. The van der Waals surface area contributed by atoms with Crippen LogP contribution in [0, 0.1) is 5.92 Å². The lowest BCUT2D eigenvalue weighted by Gasteiger charge is -2.25. The van der Waals surface area contributed by atoms with Gasteiger partial charge in [0.25, 0.3) is 0 Å². The van der Waals surface area contributed by atoms with Gasteiger partial charge in [0.2, 0.25) is 17.7 Å². The number of nitrogens with zero attached hydrogens (tertiary/aromatic N) is 2. The fourth-order valence-electron chi connectivity index (χ4n) is 3.14. The summed E-state index contributed by atoms with van der Waals surface area (Å²) in [6.07, 6.45) is 3.87. The second-order valence-electron chi connectivity index (χ2n) is 8.66. The summed E-state index contributed by atoms with van der Waals surface area (Å²) in [4.78, 5) is 60.2. The largest absolute Gasteiger partial charge is 0.480 e. The van der Waals surface area contributed by atoms with Gasteiger partial charge < -0.3 is 43.2 Å². The van der Waals surface area contributed by atoms with E-state index < -0.39 is 47.9 Å². The zero-order valence-corrected chi connectivity index (χ0v) is 20.3. The molecule has 1 aromatic heterocycles. The first-order valence-corrected chi connectivity index (χ1v) is 11.3. The van der Waals surface area contributed by atoms with E-state index in [0.29, 0.717) is 18.5 Å². The number of rotatable bonds is 15. The first kappa shape index (κ1) is 29.4. The molecule has 0 aliphatic carbocycles. The second-order valence-corrected chi connectivity index (χ2v) is 8.66. The maximum atomic E-state index is 13.1. The molecule has 0 bridgehead atoms. The number of nitrogens with one attached hydrogen (secondary N) is 4. The standard InChI is InChI=1S/C21H37N9O5/c1-11(2)7-14(22)17(31)29-15(5-4-6-26-21(23)24)18(32)30-16(8-13-9-25-10-27-13)19(33)28-12(3)20(34)35/h9-12,14-16H,4-8,22H2,1-3H3,(H,25,27)(H,28,33)(H,29,31)(H,30,32)(H,34,35)(H4,23,24,26). The number of H-pyrrole nitrogens is 1. The molecule has 14 heteroatoms. The average molecular weight is 496 g/mol. The van der Waals surface area contributed by atoms with E-state index in [2.05, 4.69) is 30.9 Å². The minimum absolute atomic E-state index is 0.0193. The molecule has 4 atom stereocenters. The lowest BCUT2D eigenvalue weighted by atomic mass is 10.0. The van der Waals surface area contributed by atoms with E-state index in [9.17, 15) is 19.2 Å². The van der Waals surface area contributed by atoms with Crippen LogP contribution >= 0.6 is 0 Å². The predicted octanol–water partition coefficient (Wildman–Crippen LogP) is -2.06. The van der Waals surface area contributed by atoms with Crippen LogP contribution in [0.25, 0.3) is 0 Å². The molecule has 1 heterocycles. The molecule has 0 saturated heterocycles. The normalized spacial score (nSPS) is 14.3. The number of amides is 3. The van der Waals surface area contributed by atoms with Crippen molar-refractivity contribution in [2.45, 2.75) is 70.6 Å². The van der Waals surface area contributed by atoms with Crippen LogP contribution in [0.15, 0.2) is 17.5 Å². The number of carbonyl (C=O) groups excluding carboxylic acids is 3.